The first kappa shape index (κ1) is 24.8. The fourth-order valence-electron chi connectivity index (χ4n) is 5.95. The van der Waals surface area contributed by atoms with Crippen molar-refractivity contribution in [3.8, 4) is 11.1 Å². The Bertz CT molecular complexity index is 1380. The van der Waals surface area contributed by atoms with Gasteiger partial charge in [-0.15, -0.1) is 0 Å². The van der Waals surface area contributed by atoms with Gasteiger partial charge in [0.2, 0.25) is 5.91 Å². The predicted molar refractivity (Wildman–Crippen MR) is 143 cm³/mol. The quantitative estimate of drug-likeness (QED) is 0.420. The van der Waals surface area contributed by atoms with E-state index in [0.29, 0.717) is 17.1 Å². The summed E-state index contributed by atoms with van der Waals surface area (Å²) in [5, 5.41) is 10.2. The Labute approximate surface area is 223 Å². The Morgan fingerprint density at radius 2 is 1.87 bits per heavy atom. The molecule has 1 spiro atoms. The summed E-state index contributed by atoms with van der Waals surface area (Å²) in [5.41, 5.74) is 4.43. The molecule has 3 aliphatic carbocycles. The van der Waals surface area contributed by atoms with Crippen LogP contribution in [0, 0.1) is 11.3 Å². The minimum atomic E-state index is -0.344. The molecule has 6 rings (SSSR count). The van der Waals surface area contributed by atoms with Crippen molar-refractivity contribution in [1.29, 1.82) is 0 Å². The molecule has 2 aromatic heterocycles. The molecule has 38 heavy (non-hydrogen) atoms. The number of anilines is 1. The first-order valence-corrected chi connectivity index (χ1v) is 13.8. The van der Waals surface area contributed by atoms with Crippen LogP contribution in [0.3, 0.4) is 0 Å². The van der Waals surface area contributed by atoms with E-state index in [0.717, 1.165) is 48.8 Å². The number of rotatable bonds is 5. The highest BCUT2D eigenvalue weighted by atomic mass is 16.5. The van der Waals surface area contributed by atoms with Crippen molar-refractivity contribution in [3.63, 3.8) is 0 Å². The number of fused-ring (bicyclic) bond motifs is 1. The van der Waals surface area contributed by atoms with Crippen LogP contribution in [0.2, 0.25) is 0 Å². The normalized spacial score (nSPS) is 21.7. The highest BCUT2D eigenvalue weighted by Gasteiger charge is 2.60. The van der Waals surface area contributed by atoms with E-state index in [4.69, 9.17) is 4.52 Å². The van der Waals surface area contributed by atoms with Crippen LogP contribution in [-0.2, 0) is 16.6 Å². The lowest BCUT2D eigenvalue weighted by molar-refractivity contribution is -0.118. The van der Waals surface area contributed by atoms with Crippen molar-refractivity contribution in [2.24, 2.45) is 11.3 Å². The van der Waals surface area contributed by atoms with E-state index in [2.05, 4.69) is 44.0 Å². The molecule has 2 heterocycles. The molecule has 1 aromatic carbocycles. The maximum atomic E-state index is 13.0. The zero-order valence-electron chi connectivity index (χ0n) is 22.3. The topological polar surface area (TPSA) is 110 Å². The maximum absolute atomic E-state index is 13.0. The van der Waals surface area contributed by atoms with Gasteiger partial charge in [0.15, 0.2) is 5.82 Å². The van der Waals surface area contributed by atoms with Gasteiger partial charge in [-0.25, -0.2) is 4.98 Å². The second kappa shape index (κ2) is 9.33. The average Bonchev–Trinajstić information content (AvgIpc) is 3.51. The van der Waals surface area contributed by atoms with E-state index in [-0.39, 0.29) is 35.1 Å². The maximum Gasteiger partial charge on any atom is 0.315 e. The van der Waals surface area contributed by atoms with Gasteiger partial charge in [0, 0.05) is 17.5 Å². The number of nitrogens with one attached hydrogen (secondary N) is 2. The molecule has 2 saturated carbocycles. The van der Waals surface area contributed by atoms with Gasteiger partial charge in [0.05, 0.1) is 6.04 Å². The van der Waals surface area contributed by atoms with Gasteiger partial charge in [-0.3, -0.25) is 9.59 Å². The predicted octanol–water partition coefficient (Wildman–Crippen LogP) is 5.76. The number of pyridine rings is 1. The number of hydrogen-bond acceptors (Lipinski definition) is 6. The van der Waals surface area contributed by atoms with Crippen molar-refractivity contribution >= 4 is 17.6 Å². The summed E-state index contributed by atoms with van der Waals surface area (Å²) in [6.45, 7) is 5.95. The molecule has 0 radical (unpaired) electrons. The smallest absolute Gasteiger partial charge is 0.315 e. The minimum absolute atomic E-state index is 0.00173. The Balaban J connectivity index is 1.18. The monoisotopic (exact) mass is 513 g/mol. The molecular weight excluding hydrogens is 478 g/mol. The molecule has 0 aliphatic heterocycles. The van der Waals surface area contributed by atoms with Gasteiger partial charge < -0.3 is 15.2 Å². The van der Waals surface area contributed by atoms with Crippen LogP contribution in [0.5, 0.6) is 0 Å². The van der Waals surface area contributed by atoms with E-state index in [9.17, 15) is 9.59 Å². The second-order valence-electron chi connectivity index (χ2n) is 12.3. The summed E-state index contributed by atoms with van der Waals surface area (Å²) in [6.07, 6.45) is 10.3. The molecular formula is C30H35N5O3. The molecule has 2 atom stereocenters. The highest BCUT2D eigenvalue weighted by molar-refractivity contribution is 5.95. The van der Waals surface area contributed by atoms with Crippen molar-refractivity contribution < 1.29 is 14.1 Å². The summed E-state index contributed by atoms with van der Waals surface area (Å²) in [4.78, 5) is 34.4. The molecule has 2 N–H and O–H groups in total. The van der Waals surface area contributed by atoms with Crippen molar-refractivity contribution in [2.75, 3.05) is 5.32 Å². The largest absolute Gasteiger partial charge is 0.341 e. The van der Waals surface area contributed by atoms with Crippen molar-refractivity contribution in [3.05, 3.63) is 59.4 Å². The Morgan fingerprint density at radius 1 is 1.05 bits per heavy atom. The molecule has 8 heteroatoms. The van der Waals surface area contributed by atoms with Crippen LogP contribution in [0.1, 0.15) is 99.4 Å². The van der Waals surface area contributed by atoms with Crippen molar-refractivity contribution in [2.45, 2.75) is 83.6 Å². The number of carbonyl (C=O) groups is 2. The second-order valence-corrected chi connectivity index (χ2v) is 12.3. The Kier molecular flexibility index (Phi) is 6.08. The van der Waals surface area contributed by atoms with E-state index < -0.39 is 0 Å². The van der Waals surface area contributed by atoms with Crippen LogP contribution in [0.25, 0.3) is 11.1 Å². The lowest BCUT2D eigenvalue weighted by atomic mass is 9.80. The fourth-order valence-corrected chi connectivity index (χ4v) is 5.95. The first-order chi connectivity index (χ1) is 18.2. The zero-order chi connectivity index (χ0) is 26.5. The Hall–Kier alpha value is -3.55. The molecule has 2 fully saturated rings. The lowest BCUT2D eigenvalue weighted by Crippen LogP contribution is -2.29. The van der Waals surface area contributed by atoms with Gasteiger partial charge in [0.1, 0.15) is 5.82 Å². The van der Waals surface area contributed by atoms with Crippen LogP contribution in [-0.4, -0.2) is 26.9 Å². The number of aromatic nitrogens is 3. The molecule has 8 nitrogen and oxygen atoms in total. The summed E-state index contributed by atoms with van der Waals surface area (Å²) in [6, 6.07) is 10.2. The van der Waals surface area contributed by atoms with E-state index in [1.807, 2.05) is 32.9 Å². The van der Waals surface area contributed by atoms with Gasteiger partial charge in [0.25, 0.3) is 0 Å². The molecule has 2 amide bonds. The number of aryl methyl sites for hydroxylation is 1. The standard InChI is InChI=1S/C30H35N5O3/c1-29(2,3)28-34-27(38-35-28)26(37)32-23-8-5-4-7-20-15-18(9-10-21(20)23)19-11-14-31-24(16-19)33-25(36)22-17-30(22)12-6-13-30/h9-11,14-16,22-23H,4-8,12-13,17H2,1-3H3,(H,32,37)(H,31,33,36)/t22-,23-/m0/s1. The molecule has 3 aromatic rings. The number of amides is 2. The van der Waals surface area contributed by atoms with E-state index >= 15 is 0 Å². The number of carbonyl (C=O) groups excluding carboxylic acids is 2. The first-order valence-electron chi connectivity index (χ1n) is 13.8. The third kappa shape index (κ3) is 4.72. The van der Waals surface area contributed by atoms with Crippen LogP contribution >= 0.6 is 0 Å². The molecule has 0 unspecified atom stereocenters. The average molecular weight is 514 g/mol. The highest BCUT2D eigenvalue weighted by Crippen LogP contribution is 2.65. The third-order valence-corrected chi connectivity index (χ3v) is 8.50. The third-order valence-electron chi connectivity index (χ3n) is 8.50. The van der Waals surface area contributed by atoms with Gasteiger partial charge in [-0.1, -0.05) is 57.0 Å². The van der Waals surface area contributed by atoms with Crippen LogP contribution in [0.15, 0.2) is 41.1 Å². The minimum Gasteiger partial charge on any atom is -0.341 e. The van der Waals surface area contributed by atoms with Crippen LogP contribution in [0.4, 0.5) is 5.82 Å². The van der Waals surface area contributed by atoms with E-state index in [1.54, 1.807) is 6.20 Å². The fraction of sp³-hybridized carbons (Fsp3) is 0.500. The Morgan fingerprint density at radius 3 is 2.58 bits per heavy atom. The number of benzene rings is 1. The van der Waals surface area contributed by atoms with Crippen LogP contribution < -0.4 is 10.6 Å². The molecule has 3 aliphatic rings. The molecule has 198 valence electrons. The summed E-state index contributed by atoms with van der Waals surface area (Å²) in [7, 11) is 0. The summed E-state index contributed by atoms with van der Waals surface area (Å²) >= 11 is 0. The zero-order valence-corrected chi connectivity index (χ0v) is 22.3. The molecule has 0 saturated heterocycles. The van der Waals surface area contributed by atoms with E-state index in [1.165, 1.54) is 24.8 Å². The molecule has 0 bridgehead atoms. The van der Waals surface area contributed by atoms with Gasteiger partial charge in [-0.05, 0) is 78.3 Å². The van der Waals surface area contributed by atoms with Gasteiger partial charge in [-0.2, -0.15) is 4.98 Å². The lowest BCUT2D eigenvalue weighted by Gasteiger charge is -2.26. The van der Waals surface area contributed by atoms with Crippen molar-refractivity contribution in [1.82, 2.24) is 20.4 Å². The number of nitrogens with zero attached hydrogens (tertiary/aromatic N) is 3. The SMILES string of the molecule is CC(C)(C)c1noc(C(=O)N[C@H]2CCCCc3cc(-c4ccnc(NC(=O)[C@@H]5CC56CCC6)c4)ccc32)n1. The number of hydrogen-bond donors (Lipinski definition) is 2. The summed E-state index contributed by atoms with van der Waals surface area (Å²) in [5.74, 6) is 1.02. The van der Waals surface area contributed by atoms with Gasteiger partial charge >= 0.3 is 11.8 Å². The summed E-state index contributed by atoms with van der Waals surface area (Å²) < 4.78 is 5.26.